The van der Waals surface area contributed by atoms with Crippen molar-refractivity contribution in [3.63, 3.8) is 0 Å². The van der Waals surface area contributed by atoms with Gasteiger partial charge in [0.05, 0.1) is 0 Å². The minimum Gasteiger partial charge on any atom is -0.489 e. The zero-order valence-electron chi connectivity index (χ0n) is 12.5. The fraction of sp³-hybridized carbons (Fsp3) is 0.333. The van der Waals surface area contributed by atoms with Crippen LogP contribution in [0.4, 0.5) is 0 Å². The highest BCUT2D eigenvalue weighted by Gasteiger charge is 2.01. The Labute approximate surface area is 121 Å². The molecule has 0 aliphatic heterocycles. The van der Waals surface area contributed by atoms with Crippen LogP contribution in [0.25, 0.3) is 0 Å². The van der Waals surface area contributed by atoms with Crippen LogP contribution in [0.1, 0.15) is 29.2 Å². The number of aryl methyl sites for hydroxylation is 2. The fourth-order valence-corrected chi connectivity index (χ4v) is 2.15. The molecule has 1 unspecified atom stereocenters. The molecule has 1 atom stereocenters. The van der Waals surface area contributed by atoms with Gasteiger partial charge in [0.1, 0.15) is 12.4 Å². The summed E-state index contributed by atoms with van der Waals surface area (Å²) in [6.07, 6.45) is 0.900. The van der Waals surface area contributed by atoms with Crippen molar-refractivity contribution >= 4 is 0 Å². The molecule has 20 heavy (non-hydrogen) atoms. The molecular formula is C18H23NO. The highest BCUT2D eigenvalue weighted by atomic mass is 16.5. The van der Waals surface area contributed by atoms with Crippen molar-refractivity contribution in [2.45, 2.75) is 39.8 Å². The molecule has 0 aromatic heterocycles. The van der Waals surface area contributed by atoms with Gasteiger partial charge in [-0.25, -0.2) is 0 Å². The molecule has 0 heterocycles. The van der Waals surface area contributed by atoms with Crippen LogP contribution in [0, 0.1) is 13.8 Å². The lowest BCUT2D eigenvalue weighted by molar-refractivity contribution is 0.306. The van der Waals surface area contributed by atoms with Gasteiger partial charge in [0, 0.05) is 6.04 Å². The van der Waals surface area contributed by atoms with Gasteiger partial charge >= 0.3 is 0 Å². The summed E-state index contributed by atoms with van der Waals surface area (Å²) in [4.78, 5) is 0. The lowest BCUT2D eigenvalue weighted by Crippen LogP contribution is -2.17. The van der Waals surface area contributed by atoms with Gasteiger partial charge in [-0.1, -0.05) is 30.3 Å². The van der Waals surface area contributed by atoms with Crippen molar-refractivity contribution in [3.8, 4) is 5.75 Å². The summed E-state index contributed by atoms with van der Waals surface area (Å²) in [5.41, 5.74) is 10.9. The summed E-state index contributed by atoms with van der Waals surface area (Å²) in [6.45, 7) is 6.87. The number of nitrogens with two attached hydrogens (primary N) is 1. The molecule has 0 fully saturated rings. The van der Waals surface area contributed by atoms with Gasteiger partial charge in [-0.3, -0.25) is 0 Å². The predicted octanol–water partition coefficient (Wildman–Crippen LogP) is 3.77. The lowest BCUT2D eigenvalue weighted by Gasteiger charge is -2.10. The highest BCUT2D eigenvalue weighted by Crippen LogP contribution is 2.16. The third-order valence-corrected chi connectivity index (χ3v) is 3.46. The molecule has 0 aliphatic rings. The molecule has 2 heteroatoms. The molecule has 0 amide bonds. The fourth-order valence-electron chi connectivity index (χ4n) is 2.15. The van der Waals surface area contributed by atoms with Gasteiger partial charge in [0.15, 0.2) is 0 Å². The van der Waals surface area contributed by atoms with E-state index in [9.17, 15) is 0 Å². The Hall–Kier alpha value is -1.80. The van der Waals surface area contributed by atoms with E-state index in [4.69, 9.17) is 10.5 Å². The van der Waals surface area contributed by atoms with Crippen LogP contribution in [0.3, 0.4) is 0 Å². The number of rotatable bonds is 5. The van der Waals surface area contributed by atoms with Crippen LogP contribution in [-0.2, 0) is 13.0 Å². The molecule has 2 N–H and O–H groups in total. The van der Waals surface area contributed by atoms with Crippen molar-refractivity contribution < 1.29 is 4.74 Å². The Bertz CT molecular complexity index is 558. The summed E-state index contributed by atoms with van der Waals surface area (Å²) >= 11 is 0. The van der Waals surface area contributed by atoms with E-state index in [1.54, 1.807) is 0 Å². The van der Waals surface area contributed by atoms with E-state index in [-0.39, 0.29) is 6.04 Å². The molecular weight excluding hydrogens is 246 g/mol. The largest absolute Gasteiger partial charge is 0.489 e. The molecule has 0 saturated heterocycles. The summed E-state index contributed by atoms with van der Waals surface area (Å²) in [6, 6.07) is 14.8. The zero-order chi connectivity index (χ0) is 14.5. The van der Waals surface area contributed by atoms with Gasteiger partial charge in [-0.2, -0.15) is 0 Å². The Kier molecular flexibility index (Phi) is 4.80. The normalized spacial score (nSPS) is 12.2. The SMILES string of the molecule is Cc1ccc(COc2ccc(CC(C)N)cc2)cc1C. The molecule has 2 aromatic carbocycles. The quantitative estimate of drug-likeness (QED) is 0.896. The highest BCUT2D eigenvalue weighted by molar-refractivity contribution is 5.31. The first-order valence-corrected chi connectivity index (χ1v) is 7.08. The second-order valence-electron chi connectivity index (χ2n) is 5.53. The van der Waals surface area contributed by atoms with Crippen molar-refractivity contribution in [2.24, 2.45) is 5.73 Å². The second-order valence-corrected chi connectivity index (χ2v) is 5.53. The van der Waals surface area contributed by atoms with Crippen LogP contribution < -0.4 is 10.5 Å². The standard InChI is InChI=1S/C18H23NO/c1-13-4-5-17(10-14(13)2)12-20-18-8-6-16(7-9-18)11-15(3)19/h4-10,15H,11-12,19H2,1-3H3. The maximum atomic E-state index is 5.82. The molecule has 0 radical (unpaired) electrons. The number of hydrogen-bond donors (Lipinski definition) is 1. The molecule has 0 saturated carbocycles. The Balaban J connectivity index is 1.95. The van der Waals surface area contributed by atoms with Crippen molar-refractivity contribution in [1.82, 2.24) is 0 Å². The molecule has 0 spiro atoms. The van der Waals surface area contributed by atoms with Crippen LogP contribution in [0.5, 0.6) is 5.75 Å². The van der Waals surface area contributed by atoms with Crippen LogP contribution in [0.2, 0.25) is 0 Å². The van der Waals surface area contributed by atoms with E-state index in [1.807, 2.05) is 19.1 Å². The second kappa shape index (κ2) is 6.58. The Morgan fingerprint density at radius 3 is 2.20 bits per heavy atom. The van der Waals surface area contributed by atoms with E-state index < -0.39 is 0 Å². The van der Waals surface area contributed by atoms with Crippen LogP contribution in [0.15, 0.2) is 42.5 Å². The summed E-state index contributed by atoms with van der Waals surface area (Å²) < 4.78 is 5.82. The third kappa shape index (κ3) is 4.10. The van der Waals surface area contributed by atoms with E-state index in [2.05, 4.69) is 44.2 Å². The predicted molar refractivity (Wildman–Crippen MR) is 84.0 cm³/mol. The molecule has 0 aliphatic carbocycles. The van der Waals surface area contributed by atoms with E-state index in [1.165, 1.54) is 22.3 Å². The van der Waals surface area contributed by atoms with E-state index in [0.29, 0.717) is 6.61 Å². The number of hydrogen-bond acceptors (Lipinski definition) is 2. The first kappa shape index (κ1) is 14.6. The van der Waals surface area contributed by atoms with Crippen LogP contribution in [-0.4, -0.2) is 6.04 Å². The molecule has 2 nitrogen and oxygen atoms in total. The minimum absolute atomic E-state index is 0.192. The molecule has 2 aromatic rings. The molecule has 0 bridgehead atoms. The topological polar surface area (TPSA) is 35.2 Å². The van der Waals surface area contributed by atoms with Gasteiger partial charge < -0.3 is 10.5 Å². The molecule has 2 rings (SSSR count). The number of benzene rings is 2. The minimum atomic E-state index is 0.192. The maximum absolute atomic E-state index is 5.82. The van der Waals surface area contributed by atoms with Crippen LogP contribution >= 0.6 is 0 Å². The van der Waals surface area contributed by atoms with Gasteiger partial charge in [0.25, 0.3) is 0 Å². The zero-order valence-corrected chi connectivity index (χ0v) is 12.5. The number of ether oxygens (including phenoxy) is 1. The summed E-state index contributed by atoms with van der Waals surface area (Å²) in [7, 11) is 0. The average molecular weight is 269 g/mol. The van der Waals surface area contributed by atoms with Gasteiger partial charge in [0.2, 0.25) is 0 Å². The Morgan fingerprint density at radius 2 is 1.60 bits per heavy atom. The summed E-state index contributed by atoms with van der Waals surface area (Å²) in [5, 5.41) is 0. The smallest absolute Gasteiger partial charge is 0.119 e. The first-order valence-electron chi connectivity index (χ1n) is 7.08. The summed E-state index contributed by atoms with van der Waals surface area (Å²) in [5.74, 6) is 0.900. The first-order chi connectivity index (χ1) is 9.54. The van der Waals surface area contributed by atoms with Crippen molar-refractivity contribution in [2.75, 3.05) is 0 Å². The van der Waals surface area contributed by atoms with Crippen molar-refractivity contribution in [1.29, 1.82) is 0 Å². The third-order valence-electron chi connectivity index (χ3n) is 3.46. The molecule has 106 valence electrons. The monoisotopic (exact) mass is 269 g/mol. The Morgan fingerprint density at radius 1 is 0.950 bits per heavy atom. The van der Waals surface area contributed by atoms with Crippen molar-refractivity contribution in [3.05, 3.63) is 64.7 Å². The lowest BCUT2D eigenvalue weighted by atomic mass is 10.1. The van der Waals surface area contributed by atoms with Gasteiger partial charge in [-0.05, 0) is 61.6 Å². The van der Waals surface area contributed by atoms with E-state index in [0.717, 1.165) is 12.2 Å². The maximum Gasteiger partial charge on any atom is 0.119 e. The van der Waals surface area contributed by atoms with Gasteiger partial charge in [-0.15, -0.1) is 0 Å². The average Bonchev–Trinajstić information content (AvgIpc) is 2.41. The van der Waals surface area contributed by atoms with E-state index >= 15 is 0 Å².